The van der Waals surface area contributed by atoms with Gasteiger partial charge in [-0.25, -0.2) is 14.5 Å². The van der Waals surface area contributed by atoms with E-state index in [2.05, 4.69) is 5.32 Å². The predicted molar refractivity (Wildman–Crippen MR) is 100.0 cm³/mol. The smallest absolute Gasteiger partial charge is 0.341 e. The van der Waals surface area contributed by atoms with Crippen LogP contribution in [0.25, 0.3) is 0 Å². The molecule has 150 valence electrons. The van der Waals surface area contributed by atoms with Crippen LogP contribution in [0, 0.1) is 0 Å². The topological polar surface area (TPSA) is 113 Å². The van der Waals surface area contributed by atoms with Crippen LogP contribution in [0.3, 0.4) is 0 Å². The van der Waals surface area contributed by atoms with E-state index in [4.69, 9.17) is 4.74 Å². The summed E-state index contributed by atoms with van der Waals surface area (Å²) < 4.78 is 5.10. The van der Waals surface area contributed by atoms with Crippen molar-refractivity contribution in [2.45, 2.75) is 45.6 Å². The molecule has 1 N–H and O–H groups in total. The maximum absolute atomic E-state index is 12.4. The van der Waals surface area contributed by atoms with Gasteiger partial charge in [0.05, 0.1) is 12.2 Å². The van der Waals surface area contributed by atoms with Gasteiger partial charge in [0.2, 0.25) is 5.91 Å². The summed E-state index contributed by atoms with van der Waals surface area (Å²) in [6.07, 6.45) is 1.95. The lowest BCUT2D eigenvalue weighted by Gasteiger charge is -2.18. The molecule has 2 aliphatic rings. The minimum absolute atomic E-state index is 0.204. The number of esters is 1. The Balaban J connectivity index is 1.75. The fraction of sp³-hybridized carbons (Fsp3) is 0.500. The van der Waals surface area contributed by atoms with Gasteiger partial charge in [0.1, 0.15) is 11.5 Å². The lowest BCUT2D eigenvalue weighted by atomic mass is 10.1. The van der Waals surface area contributed by atoms with Crippen molar-refractivity contribution < 1.29 is 28.7 Å². The van der Waals surface area contributed by atoms with E-state index in [0.29, 0.717) is 15.5 Å². The van der Waals surface area contributed by atoms with Gasteiger partial charge in [0.15, 0.2) is 0 Å². The SMILES string of the molecule is CCOC(=O)c1c(C2CC2)csc1NC(=O)CN1C(=O)C(=O)N(C(C)C)C1=O. The second-order valence-electron chi connectivity index (χ2n) is 6.88. The number of carbonyl (C=O) groups excluding carboxylic acids is 5. The Kier molecular flexibility index (Phi) is 5.50. The van der Waals surface area contributed by atoms with Gasteiger partial charge in [-0.05, 0) is 50.5 Å². The summed E-state index contributed by atoms with van der Waals surface area (Å²) in [6.45, 7) is 4.50. The maximum Gasteiger partial charge on any atom is 0.341 e. The summed E-state index contributed by atoms with van der Waals surface area (Å²) in [5.41, 5.74) is 1.16. The number of thiophene rings is 1. The maximum atomic E-state index is 12.4. The molecule has 0 aromatic carbocycles. The second-order valence-corrected chi connectivity index (χ2v) is 7.76. The van der Waals surface area contributed by atoms with Crippen LogP contribution in [0.1, 0.15) is 55.5 Å². The van der Waals surface area contributed by atoms with Gasteiger partial charge in [-0.1, -0.05) is 0 Å². The summed E-state index contributed by atoms with van der Waals surface area (Å²) in [5, 5.41) is 4.71. The van der Waals surface area contributed by atoms with E-state index in [9.17, 15) is 24.0 Å². The van der Waals surface area contributed by atoms with Crippen molar-refractivity contribution in [2.24, 2.45) is 0 Å². The summed E-state index contributed by atoms with van der Waals surface area (Å²) in [7, 11) is 0. The van der Waals surface area contributed by atoms with Crippen molar-refractivity contribution >= 4 is 46.1 Å². The third-order valence-electron chi connectivity index (χ3n) is 4.47. The number of imide groups is 2. The molecule has 0 spiro atoms. The molecule has 1 aromatic heterocycles. The van der Waals surface area contributed by atoms with Crippen molar-refractivity contribution in [3.8, 4) is 0 Å². The number of anilines is 1. The molecule has 2 fully saturated rings. The number of nitrogens with one attached hydrogen (secondary N) is 1. The first-order valence-corrected chi connectivity index (χ1v) is 9.91. The normalized spacial score (nSPS) is 16.9. The summed E-state index contributed by atoms with van der Waals surface area (Å²) >= 11 is 1.19. The molecular weight excluding hydrogens is 386 g/mol. The molecule has 2 heterocycles. The predicted octanol–water partition coefficient (Wildman–Crippen LogP) is 1.94. The number of urea groups is 1. The summed E-state index contributed by atoms with van der Waals surface area (Å²) in [5.74, 6) is -2.90. The fourth-order valence-electron chi connectivity index (χ4n) is 3.00. The highest BCUT2D eigenvalue weighted by atomic mass is 32.1. The van der Waals surface area contributed by atoms with Crippen LogP contribution in [0.15, 0.2) is 5.38 Å². The van der Waals surface area contributed by atoms with Gasteiger partial charge in [0.25, 0.3) is 0 Å². The van der Waals surface area contributed by atoms with Crippen molar-refractivity contribution in [1.82, 2.24) is 9.80 Å². The average molecular weight is 407 g/mol. The minimum atomic E-state index is -1.04. The lowest BCUT2D eigenvalue weighted by Crippen LogP contribution is -2.40. The molecule has 1 aliphatic carbocycles. The molecule has 1 saturated carbocycles. The zero-order chi connectivity index (χ0) is 20.6. The Labute approximate surface area is 165 Å². The zero-order valence-corrected chi connectivity index (χ0v) is 16.6. The molecule has 3 rings (SSSR count). The number of amides is 5. The Hall–Kier alpha value is -2.75. The first-order valence-electron chi connectivity index (χ1n) is 9.03. The molecule has 0 radical (unpaired) electrons. The highest BCUT2D eigenvalue weighted by Crippen LogP contribution is 2.46. The average Bonchev–Trinajstić information content (AvgIpc) is 3.35. The number of carbonyl (C=O) groups is 5. The van der Waals surface area contributed by atoms with E-state index in [-0.39, 0.29) is 12.5 Å². The van der Waals surface area contributed by atoms with Crippen LogP contribution in [0.4, 0.5) is 9.80 Å². The quantitative estimate of drug-likeness (QED) is 0.420. The molecule has 28 heavy (non-hydrogen) atoms. The van der Waals surface area contributed by atoms with Gasteiger partial charge in [-0.15, -0.1) is 11.3 Å². The largest absolute Gasteiger partial charge is 0.462 e. The number of nitrogens with zero attached hydrogens (tertiary/aromatic N) is 2. The Morgan fingerprint density at radius 2 is 1.93 bits per heavy atom. The molecule has 1 aromatic rings. The summed E-state index contributed by atoms with van der Waals surface area (Å²) in [4.78, 5) is 62.4. The number of hydrogen-bond donors (Lipinski definition) is 1. The standard InChI is InChI=1S/C18H21N3O6S/c1-4-27-17(25)13-11(10-5-6-10)8-28-14(13)19-12(22)7-20-15(23)16(24)21(9(2)3)18(20)26/h8-10H,4-7H2,1-3H3,(H,19,22). The van der Waals surface area contributed by atoms with Gasteiger partial charge in [-0.3, -0.25) is 19.3 Å². The molecule has 5 amide bonds. The van der Waals surface area contributed by atoms with Gasteiger partial charge in [0, 0.05) is 6.04 Å². The third kappa shape index (κ3) is 3.64. The lowest BCUT2D eigenvalue weighted by molar-refractivity contribution is -0.144. The van der Waals surface area contributed by atoms with Crippen molar-refractivity contribution in [1.29, 1.82) is 0 Å². The Bertz CT molecular complexity index is 858. The molecule has 0 bridgehead atoms. The van der Waals surface area contributed by atoms with E-state index in [0.717, 1.165) is 23.3 Å². The van der Waals surface area contributed by atoms with Crippen LogP contribution in [0.5, 0.6) is 0 Å². The van der Waals surface area contributed by atoms with E-state index in [1.165, 1.54) is 11.3 Å². The van der Waals surface area contributed by atoms with Gasteiger partial charge >= 0.3 is 23.8 Å². The van der Waals surface area contributed by atoms with E-state index in [1.54, 1.807) is 20.8 Å². The highest BCUT2D eigenvalue weighted by Gasteiger charge is 2.46. The molecule has 0 atom stereocenters. The molecule has 1 aliphatic heterocycles. The van der Waals surface area contributed by atoms with E-state index in [1.807, 2.05) is 5.38 Å². The molecule has 9 nitrogen and oxygen atoms in total. The minimum Gasteiger partial charge on any atom is -0.462 e. The van der Waals surface area contributed by atoms with E-state index < -0.39 is 42.3 Å². The Morgan fingerprint density at radius 1 is 1.25 bits per heavy atom. The molecule has 0 unspecified atom stereocenters. The first-order chi connectivity index (χ1) is 13.3. The monoisotopic (exact) mass is 407 g/mol. The van der Waals surface area contributed by atoms with Crippen LogP contribution in [0.2, 0.25) is 0 Å². The third-order valence-corrected chi connectivity index (χ3v) is 5.38. The molecule has 10 heteroatoms. The summed E-state index contributed by atoms with van der Waals surface area (Å²) in [6, 6.07) is -1.32. The van der Waals surface area contributed by atoms with Crippen LogP contribution in [-0.4, -0.2) is 58.7 Å². The number of ether oxygens (including phenoxy) is 1. The van der Waals surface area contributed by atoms with E-state index >= 15 is 0 Å². The van der Waals surface area contributed by atoms with Gasteiger partial charge < -0.3 is 10.1 Å². The second kappa shape index (κ2) is 7.70. The zero-order valence-electron chi connectivity index (χ0n) is 15.8. The number of rotatable bonds is 7. The highest BCUT2D eigenvalue weighted by molar-refractivity contribution is 7.15. The number of hydrogen-bond acceptors (Lipinski definition) is 7. The fourth-order valence-corrected chi connectivity index (χ4v) is 4.05. The van der Waals surface area contributed by atoms with Gasteiger partial charge in [-0.2, -0.15) is 0 Å². The first kappa shape index (κ1) is 20.0. The van der Waals surface area contributed by atoms with Crippen LogP contribution < -0.4 is 5.32 Å². The van der Waals surface area contributed by atoms with Crippen LogP contribution >= 0.6 is 11.3 Å². The Morgan fingerprint density at radius 3 is 2.46 bits per heavy atom. The molecular formula is C18H21N3O6S. The van der Waals surface area contributed by atoms with Crippen molar-refractivity contribution in [3.05, 3.63) is 16.5 Å². The van der Waals surface area contributed by atoms with Crippen LogP contribution in [-0.2, 0) is 19.1 Å². The van der Waals surface area contributed by atoms with Crippen molar-refractivity contribution in [3.63, 3.8) is 0 Å². The molecule has 1 saturated heterocycles. The van der Waals surface area contributed by atoms with Crippen molar-refractivity contribution in [2.75, 3.05) is 18.5 Å².